The number of amides is 1. The Labute approximate surface area is 133 Å². The van der Waals surface area contributed by atoms with E-state index in [1.54, 1.807) is 18.2 Å². The predicted octanol–water partition coefficient (Wildman–Crippen LogP) is 4.47. The zero-order valence-corrected chi connectivity index (χ0v) is 13.5. The number of carbonyl (C=O) groups is 1. The Kier molecular flexibility index (Phi) is 4.00. The number of aromatic nitrogens is 1. The lowest BCUT2D eigenvalue weighted by atomic mass is 9.63. The first-order chi connectivity index (χ1) is 10.5. The van der Waals surface area contributed by atoms with Crippen LogP contribution in [0.2, 0.25) is 0 Å². The van der Waals surface area contributed by atoms with Crippen LogP contribution >= 0.6 is 11.3 Å². The van der Waals surface area contributed by atoms with Crippen LogP contribution in [0, 0.1) is 5.82 Å². The van der Waals surface area contributed by atoms with Gasteiger partial charge in [0.2, 0.25) is 5.91 Å². The summed E-state index contributed by atoms with van der Waals surface area (Å²) in [6, 6.07) is 6.57. The highest BCUT2D eigenvalue weighted by Gasteiger charge is 2.47. The SMILES string of the molecule is CC(C)c1csc(NC(=O)C2(c3ccccc3F)CCC2)n1. The normalized spacial score (nSPS) is 16.4. The van der Waals surface area contributed by atoms with Gasteiger partial charge in [0.05, 0.1) is 11.1 Å². The van der Waals surface area contributed by atoms with Crippen LogP contribution < -0.4 is 5.32 Å². The minimum Gasteiger partial charge on any atom is -0.301 e. The van der Waals surface area contributed by atoms with Gasteiger partial charge in [-0.05, 0) is 24.8 Å². The molecule has 5 heteroatoms. The minimum atomic E-state index is -0.741. The van der Waals surface area contributed by atoms with E-state index in [0.717, 1.165) is 12.1 Å². The minimum absolute atomic E-state index is 0.145. The Morgan fingerprint density at radius 3 is 2.64 bits per heavy atom. The Morgan fingerprint density at radius 2 is 2.09 bits per heavy atom. The van der Waals surface area contributed by atoms with Gasteiger partial charge in [0, 0.05) is 10.9 Å². The van der Waals surface area contributed by atoms with Gasteiger partial charge >= 0.3 is 0 Å². The number of hydrogen-bond acceptors (Lipinski definition) is 3. The van der Waals surface area contributed by atoms with Crippen LogP contribution in [0.3, 0.4) is 0 Å². The largest absolute Gasteiger partial charge is 0.301 e. The maximum Gasteiger partial charge on any atom is 0.236 e. The number of rotatable bonds is 4. The van der Waals surface area contributed by atoms with Crippen LogP contribution in [-0.2, 0) is 10.2 Å². The van der Waals surface area contributed by atoms with Gasteiger partial charge in [0.25, 0.3) is 0 Å². The van der Waals surface area contributed by atoms with Crippen LogP contribution in [0.4, 0.5) is 9.52 Å². The topological polar surface area (TPSA) is 42.0 Å². The van der Waals surface area contributed by atoms with Gasteiger partial charge in [-0.15, -0.1) is 11.3 Å². The third-order valence-electron chi connectivity index (χ3n) is 4.37. The van der Waals surface area contributed by atoms with Gasteiger partial charge in [-0.3, -0.25) is 4.79 Å². The maximum atomic E-state index is 14.1. The smallest absolute Gasteiger partial charge is 0.236 e. The quantitative estimate of drug-likeness (QED) is 0.904. The number of nitrogens with zero attached hydrogens (tertiary/aromatic N) is 1. The number of halogens is 1. The second-order valence-electron chi connectivity index (χ2n) is 6.10. The average molecular weight is 318 g/mol. The maximum absolute atomic E-state index is 14.1. The lowest BCUT2D eigenvalue weighted by Gasteiger charge is -2.40. The highest BCUT2D eigenvalue weighted by atomic mass is 32.1. The summed E-state index contributed by atoms with van der Waals surface area (Å²) in [6.45, 7) is 4.13. The summed E-state index contributed by atoms with van der Waals surface area (Å²) < 4.78 is 14.1. The lowest BCUT2D eigenvalue weighted by Crippen LogP contribution is -2.46. The molecule has 0 unspecified atom stereocenters. The van der Waals surface area contributed by atoms with Crippen molar-refractivity contribution in [3.05, 3.63) is 46.7 Å². The summed E-state index contributed by atoms with van der Waals surface area (Å²) in [4.78, 5) is 17.2. The molecule has 3 rings (SSSR count). The standard InChI is InChI=1S/C17H19FN2OS/c1-11(2)14-10-22-16(19-14)20-15(21)17(8-5-9-17)12-6-3-4-7-13(12)18/h3-4,6-7,10-11H,5,8-9H2,1-2H3,(H,19,20,21). The molecule has 1 fully saturated rings. The van der Waals surface area contributed by atoms with Crippen LogP contribution in [0.1, 0.15) is 50.3 Å². The van der Waals surface area contributed by atoms with Crippen molar-refractivity contribution < 1.29 is 9.18 Å². The lowest BCUT2D eigenvalue weighted by molar-refractivity contribution is -0.124. The number of benzene rings is 1. The van der Waals surface area contributed by atoms with Crippen LogP contribution in [0.5, 0.6) is 0 Å². The number of hydrogen-bond donors (Lipinski definition) is 1. The number of thiazole rings is 1. The molecule has 1 N–H and O–H groups in total. The van der Waals surface area contributed by atoms with Gasteiger partial charge in [0.1, 0.15) is 5.82 Å². The van der Waals surface area contributed by atoms with E-state index < -0.39 is 5.41 Å². The fourth-order valence-electron chi connectivity index (χ4n) is 2.82. The summed E-state index contributed by atoms with van der Waals surface area (Å²) in [6.07, 6.45) is 2.31. The highest BCUT2D eigenvalue weighted by molar-refractivity contribution is 7.13. The molecule has 1 amide bonds. The average Bonchev–Trinajstić information content (AvgIpc) is 2.88. The van der Waals surface area contributed by atoms with E-state index in [4.69, 9.17) is 0 Å². The van der Waals surface area contributed by atoms with Crippen molar-refractivity contribution in [3.8, 4) is 0 Å². The third-order valence-corrected chi connectivity index (χ3v) is 5.14. The molecule has 1 heterocycles. The molecular weight excluding hydrogens is 299 g/mol. The molecule has 0 aliphatic heterocycles. The zero-order valence-electron chi connectivity index (χ0n) is 12.7. The monoisotopic (exact) mass is 318 g/mol. The molecule has 0 saturated heterocycles. The number of nitrogens with one attached hydrogen (secondary N) is 1. The van der Waals surface area contributed by atoms with Crippen molar-refractivity contribution in [2.24, 2.45) is 0 Å². The van der Waals surface area contributed by atoms with Crippen molar-refractivity contribution in [1.82, 2.24) is 4.98 Å². The van der Waals surface area contributed by atoms with Crippen molar-refractivity contribution in [1.29, 1.82) is 0 Å². The Bertz CT molecular complexity index is 691. The van der Waals surface area contributed by atoms with Gasteiger partial charge in [-0.1, -0.05) is 38.5 Å². The summed E-state index contributed by atoms with van der Waals surface area (Å²) >= 11 is 1.42. The molecule has 1 aliphatic carbocycles. The van der Waals surface area contributed by atoms with E-state index in [1.807, 2.05) is 5.38 Å². The van der Waals surface area contributed by atoms with Crippen molar-refractivity contribution >= 4 is 22.4 Å². The predicted molar refractivity (Wildman–Crippen MR) is 86.8 cm³/mol. The fraction of sp³-hybridized carbons (Fsp3) is 0.412. The summed E-state index contributed by atoms with van der Waals surface area (Å²) in [5, 5.41) is 5.44. The molecule has 0 radical (unpaired) electrons. The van der Waals surface area contributed by atoms with E-state index in [0.29, 0.717) is 29.5 Å². The summed E-state index contributed by atoms with van der Waals surface area (Å²) in [5.74, 6) is -0.126. The molecule has 2 aromatic rings. The van der Waals surface area contributed by atoms with Gasteiger partial charge < -0.3 is 5.32 Å². The molecule has 22 heavy (non-hydrogen) atoms. The van der Waals surface area contributed by atoms with Crippen LogP contribution in [-0.4, -0.2) is 10.9 Å². The molecule has 1 aromatic heterocycles. The summed E-state index contributed by atoms with van der Waals surface area (Å²) in [5.41, 5.74) is 0.725. The Hall–Kier alpha value is -1.75. The summed E-state index contributed by atoms with van der Waals surface area (Å²) in [7, 11) is 0. The van der Waals surface area contributed by atoms with Gasteiger partial charge in [-0.2, -0.15) is 0 Å². The van der Waals surface area contributed by atoms with Crippen molar-refractivity contribution in [2.75, 3.05) is 5.32 Å². The molecular formula is C17H19FN2OS. The zero-order chi connectivity index (χ0) is 15.7. The number of carbonyl (C=O) groups excluding carboxylic acids is 1. The molecule has 1 saturated carbocycles. The first-order valence-electron chi connectivity index (χ1n) is 7.55. The fourth-order valence-corrected chi connectivity index (χ4v) is 3.69. The molecule has 116 valence electrons. The Balaban J connectivity index is 1.84. The molecule has 3 nitrogen and oxygen atoms in total. The number of anilines is 1. The first kappa shape index (κ1) is 15.2. The van der Waals surface area contributed by atoms with Crippen LogP contribution in [0.15, 0.2) is 29.6 Å². The van der Waals surface area contributed by atoms with Crippen molar-refractivity contribution in [2.45, 2.75) is 44.4 Å². The second-order valence-corrected chi connectivity index (χ2v) is 6.96. The van der Waals surface area contributed by atoms with Gasteiger partial charge in [-0.25, -0.2) is 9.37 Å². The van der Waals surface area contributed by atoms with E-state index in [9.17, 15) is 9.18 Å². The third kappa shape index (κ3) is 2.54. The van der Waals surface area contributed by atoms with E-state index >= 15 is 0 Å². The Morgan fingerprint density at radius 1 is 1.36 bits per heavy atom. The molecule has 0 atom stereocenters. The molecule has 1 aliphatic rings. The molecule has 0 bridgehead atoms. The first-order valence-corrected chi connectivity index (χ1v) is 8.43. The highest BCUT2D eigenvalue weighted by Crippen LogP contribution is 2.45. The van der Waals surface area contributed by atoms with Crippen LogP contribution in [0.25, 0.3) is 0 Å². The van der Waals surface area contributed by atoms with E-state index in [2.05, 4.69) is 24.1 Å². The molecule has 0 spiro atoms. The van der Waals surface area contributed by atoms with E-state index in [-0.39, 0.29) is 11.7 Å². The van der Waals surface area contributed by atoms with Gasteiger partial charge in [0.15, 0.2) is 5.13 Å². The molecule has 1 aromatic carbocycles. The second kappa shape index (κ2) is 5.80. The van der Waals surface area contributed by atoms with E-state index in [1.165, 1.54) is 17.4 Å². The van der Waals surface area contributed by atoms with Crippen molar-refractivity contribution in [3.63, 3.8) is 0 Å².